The van der Waals surface area contributed by atoms with E-state index >= 15 is 0 Å². The van der Waals surface area contributed by atoms with Gasteiger partial charge in [-0.1, -0.05) is 11.6 Å². The Labute approximate surface area is 96.8 Å². The van der Waals surface area contributed by atoms with Crippen LogP contribution in [0.25, 0.3) is 0 Å². The number of morpholine rings is 1. The van der Waals surface area contributed by atoms with Crippen LogP contribution in [-0.2, 0) is 9.47 Å². The van der Waals surface area contributed by atoms with Crippen LogP contribution in [0.5, 0.6) is 0 Å². The van der Waals surface area contributed by atoms with Crippen molar-refractivity contribution in [1.82, 2.24) is 5.32 Å². The van der Waals surface area contributed by atoms with Gasteiger partial charge in [0.15, 0.2) is 0 Å². The molecule has 1 N–H and O–H groups in total. The molecule has 0 amide bonds. The van der Waals surface area contributed by atoms with Crippen molar-refractivity contribution in [3.05, 3.63) is 11.1 Å². The molecule has 0 aromatic heterocycles. The maximum atomic E-state index is 5.85. The summed E-state index contributed by atoms with van der Waals surface area (Å²) in [5, 5.41) is 3.33. The van der Waals surface area contributed by atoms with E-state index in [2.05, 4.69) is 19.2 Å². The monoisotopic (exact) mass is 233 g/mol. The maximum Gasteiger partial charge on any atom is 0.0940 e. The molecule has 15 heavy (non-hydrogen) atoms. The summed E-state index contributed by atoms with van der Waals surface area (Å²) in [5.74, 6) is 0. The van der Waals surface area contributed by atoms with E-state index in [0.717, 1.165) is 18.7 Å². The second-order valence-electron chi connectivity index (χ2n) is 4.60. The van der Waals surface area contributed by atoms with Crippen LogP contribution in [0.15, 0.2) is 11.1 Å². The Morgan fingerprint density at radius 3 is 3.00 bits per heavy atom. The zero-order valence-corrected chi connectivity index (χ0v) is 10.4. The fourth-order valence-corrected chi connectivity index (χ4v) is 1.61. The van der Waals surface area contributed by atoms with Crippen molar-refractivity contribution in [3.63, 3.8) is 0 Å². The highest BCUT2D eigenvalue weighted by Gasteiger charge is 2.28. The van der Waals surface area contributed by atoms with E-state index in [-0.39, 0.29) is 11.7 Å². The lowest BCUT2D eigenvalue weighted by Gasteiger charge is -2.36. The van der Waals surface area contributed by atoms with E-state index in [9.17, 15) is 0 Å². The average molecular weight is 234 g/mol. The third kappa shape index (κ3) is 4.98. The van der Waals surface area contributed by atoms with Gasteiger partial charge in [-0.25, -0.2) is 0 Å². The van der Waals surface area contributed by atoms with Gasteiger partial charge in [0.25, 0.3) is 0 Å². The molecule has 1 unspecified atom stereocenters. The molecule has 0 spiro atoms. The zero-order valence-electron chi connectivity index (χ0n) is 9.68. The first kappa shape index (κ1) is 13.0. The molecule has 1 saturated heterocycles. The first-order chi connectivity index (χ1) is 7.03. The Morgan fingerprint density at radius 2 is 2.40 bits per heavy atom. The molecule has 1 fully saturated rings. The molecular weight excluding hydrogens is 214 g/mol. The maximum absolute atomic E-state index is 5.85. The first-order valence-corrected chi connectivity index (χ1v) is 5.69. The summed E-state index contributed by atoms with van der Waals surface area (Å²) in [6, 6.07) is 0. The van der Waals surface area contributed by atoms with Crippen LogP contribution in [0.1, 0.15) is 20.8 Å². The highest BCUT2D eigenvalue weighted by molar-refractivity contribution is 6.25. The predicted octanol–water partition coefficient (Wildman–Crippen LogP) is 1.91. The third-order valence-corrected chi connectivity index (χ3v) is 2.60. The molecule has 1 rings (SSSR count). The summed E-state index contributed by atoms with van der Waals surface area (Å²) < 4.78 is 11.4. The summed E-state index contributed by atoms with van der Waals surface area (Å²) in [7, 11) is 0. The third-order valence-electron chi connectivity index (χ3n) is 2.23. The minimum atomic E-state index is -0.0936. The molecule has 1 aliphatic rings. The molecule has 1 aliphatic heterocycles. The lowest BCUT2D eigenvalue weighted by molar-refractivity contribution is -0.118. The van der Waals surface area contributed by atoms with Crippen LogP contribution in [0.4, 0.5) is 0 Å². The zero-order chi connectivity index (χ0) is 11.3. The van der Waals surface area contributed by atoms with Gasteiger partial charge in [0.05, 0.1) is 24.9 Å². The van der Waals surface area contributed by atoms with Crippen LogP contribution < -0.4 is 5.32 Å². The van der Waals surface area contributed by atoms with Gasteiger partial charge in [-0.15, -0.1) is 0 Å². The highest BCUT2D eigenvalue weighted by Crippen LogP contribution is 2.15. The van der Waals surface area contributed by atoms with Crippen molar-refractivity contribution in [2.24, 2.45) is 0 Å². The lowest BCUT2D eigenvalue weighted by Crippen LogP contribution is -2.51. The fourth-order valence-electron chi connectivity index (χ4n) is 1.54. The summed E-state index contributed by atoms with van der Waals surface area (Å²) >= 11 is 5.53. The molecule has 0 aromatic carbocycles. The summed E-state index contributed by atoms with van der Waals surface area (Å²) in [5.41, 5.74) is 2.48. The number of nitrogens with one attached hydrogen (secondary N) is 1. The molecule has 1 heterocycles. The number of hydrogen-bond acceptors (Lipinski definition) is 3. The molecule has 0 aromatic rings. The van der Waals surface area contributed by atoms with Crippen molar-refractivity contribution < 1.29 is 9.47 Å². The van der Waals surface area contributed by atoms with E-state index in [1.165, 1.54) is 0 Å². The van der Waals surface area contributed by atoms with Crippen molar-refractivity contribution in [3.8, 4) is 0 Å². The molecule has 1 atom stereocenters. The van der Waals surface area contributed by atoms with Crippen molar-refractivity contribution >= 4 is 11.6 Å². The van der Waals surface area contributed by atoms with E-state index in [0.29, 0.717) is 13.2 Å². The second kappa shape index (κ2) is 5.85. The van der Waals surface area contributed by atoms with Crippen molar-refractivity contribution in [2.75, 3.05) is 26.3 Å². The number of hydrogen-bond donors (Lipinski definition) is 1. The Balaban J connectivity index is 2.21. The minimum Gasteiger partial charge on any atom is -0.374 e. The Morgan fingerprint density at radius 1 is 1.67 bits per heavy atom. The molecule has 0 bridgehead atoms. The molecule has 0 saturated carbocycles. The van der Waals surface area contributed by atoms with Crippen LogP contribution in [0.2, 0.25) is 0 Å². The molecule has 3 nitrogen and oxygen atoms in total. The van der Waals surface area contributed by atoms with Gasteiger partial charge in [-0.3, -0.25) is 0 Å². The summed E-state index contributed by atoms with van der Waals surface area (Å²) in [6.07, 6.45) is 0.136. The molecule has 0 radical (unpaired) electrons. The van der Waals surface area contributed by atoms with E-state index < -0.39 is 0 Å². The molecular formula is C11H20ClNO2. The van der Waals surface area contributed by atoms with E-state index in [4.69, 9.17) is 21.1 Å². The van der Waals surface area contributed by atoms with Gasteiger partial charge < -0.3 is 14.8 Å². The Hall–Kier alpha value is -0.0900. The molecule has 88 valence electrons. The average Bonchev–Trinajstić information content (AvgIpc) is 2.16. The molecule has 4 heteroatoms. The number of halogens is 1. The second-order valence-corrected chi connectivity index (χ2v) is 4.82. The normalized spacial score (nSPS) is 26.7. The fraction of sp³-hybridized carbons (Fsp3) is 0.818. The Bertz CT molecular complexity index is 229. The first-order valence-electron chi connectivity index (χ1n) is 5.25. The molecule has 0 aliphatic carbocycles. The Kier molecular flexibility index (Phi) is 5.06. The smallest absolute Gasteiger partial charge is 0.0940 e. The summed E-state index contributed by atoms with van der Waals surface area (Å²) in [6.45, 7) is 9.03. The number of ether oxygens (including phenoxy) is 2. The van der Waals surface area contributed by atoms with Crippen LogP contribution in [0, 0.1) is 0 Å². The topological polar surface area (TPSA) is 30.5 Å². The SMILES string of the molecule is CC(=CCl)COCC1CNCC(C)(C)O1. The largest absolute Gasteiger partial charge is 0.374 e. The van der Waals surface area contributed by atoms with Gasteiger partial charge in [0.1, 0.15) is 0 Å². The van der Waals surface area contributed by atoms with E-state index in [1.54, 1.807) is 5.54 Å². The van der Waals surface area contributed by atoms with Crippen LogP contribution in [0.3, 0.4) is 0 Å². The number of rotatable bonds is 4. The minimum absolute atomic E-state index is 0.0936. The predicted molar refractivity (Wildman–Crippen MR) is 62.3 cm³/mol. The highest BCUT2D eigenvalue weighted by atomic mass is 35.5. The standard InChI is InChI=1S/C11H20ClNO2/c1-9(4-12)6-14-7-10-5-13-8-11(2,3)15-10/h4,10,13H,5-8H2,1-3H3. The van der Waals surface area contributed by atoms with Gasteiger partial charge in [-0.2, -0.15) is 0 Å². The van der Waals surface area contributed by atoms with Gasteiger partial charge in [0, 0.05) is 18.6 Å². The van der Waals surface area contributed by atoms with Crippen LogP contribution >= 0.6 is 11.6 Å². The van der Waals surface area contributed by atoms with Gasteiger partial charge in [-0.05, 0) is 26.3 Å². The van der Waals surface area contributed by atoms with Gasteiger partial charge >= 0.3 is 0 Å². The van der Waals surface area contributed by atoms with Crippen molar-refractivity contribution in [1.29, 1.82) is 0 Å². The quantitative estimate of drug-likeness (QED) is 0.805. The summed E-state index contributed by atoms with van der Waals surface area (Å²) in [4.78, 5) is 0. The van der Waals surface area contributed by atoms with Crippen molar-refractivity contribution in [2.45, 2.75) is 32.5 Å². The van der Waals surface area contributed by atoms with E-state index in [1.807, 2.05) is 6.92 Å². The van der Waals surface area contributed by atoms with Gasteiger partial charge in [0.2, 0.25) is 0 Å². The lowest BCUT2D eigenvalue weighted by atomic mass is 10.1. The van der Waals surface area contributed by atoms with Crippen LogP contribution in [-0.4, -0.2) is 38.0 Å².